The van der Waals surface area contributed by atoms with E-state index in [-0.39, 0.29) is 6.04 Å². The average Bonchev–Trinajstić information content (AvgIpc) is 3.25. The molecule has 5 rings (SSSR count). The quantitative estimate of drug-likeness (QED) is 0.449. The zero-order valence-electron chi connectivity index (χ0n) is 18.5. The predicted octanol–water partition coefficient (Wildman–Crippen LogP) is 5.39. The van der Waals surface area contributed by atoms with Gasteiger partial charge in [0.05, 0.1) is 10.4 Å². The summed E-state index contributed by atoms with van der Waals surface area (Å²) in [6.07, 6.45) is 4.68. The summed E-state index contributed by atoms with van der Waals surface area (Å²) >= 11 is 0. The molecule has 0 spiro atoms. The Kier molecular flexibility index (Phi) is 5.39. The van der Waals surface area contributed by atoms with Crippen molar-refractivity contribution in [3.8, 4) is 0 Å². The van der Waals surface area contributed by atoms with Crippen LogP contribution in [-0.4, -0.2) is 18.4 Å². The van der Waals surface area contributed by atoms with Crippen molar-refractivity contribution in [1.82, 2.24) is 9.29 Å². The molecule has 0 aliphatic heterocycles. The van der Waals surface area contributed by atoms with Gasteiger partial charge in [-0.15, -0.1) is 0 Å². The first-order chi connectivity index (χ1) is 15.4. The predicted molar refractivity (Wildman–Crippen MR) is 130 cm³/mol. The maximum atomic E-state index is 13.3. The molecular weight excluding hydrogens is 416 g/mol. The largest absolute Gasteiger partial charge is 0.307 e. The maximum absolute atomic E-state index is 13.3. The summed E-state index contributed by atoms with van der Waals surface area (Å²) in [6.45, 7) is 4.16. The fraction of sp³-hybridized carbons (Fsp3) is 0.259. The second-order valence-corrected chi connectivity index (χ2v) is 10.6. The Bertz CT molecular complexity index is 1360. The van der Waals surface area contributed by atoms with Crippen molar-refractivity contribution in [3.63, 3.8) is 0 Å². The molecule has 0 radical (unpaired) electrons. The normalized spacial score (nSPS) is 17.2. The average molecular weight is 445 g/mol. The molecule has 5 heteroatoms. The standard InChI is InChI=1S/C27H28N2O2S/c1-19-8-13-24(14-9-19)32(30,31)29-17-16-25-26-18-23(12-10-22(26)11-15-27(25)29)28-20(2)21-6-4-3-5-7-21/h3-9,11,13-17,20,23,28H,10,12,18H2,1-2H3/t20-,23+/m0/s1. The van der Waals surface area contributed by atoms with E-state index in [1.54, 1.807) is 18.3 Å². The van der Waals surface area contributed by atoms with Crippen molar-refractivity contribution >= 4 is 20.9 Å². The number of rotatable bonds is 5. The van der Waals surface area contributed by atoms with Gasteiger partial charge in [0.2, 0.25) is 0 Å². The summed E-state index contributed by atoms with van der Waals surface area (Å²) in [6, 6.07) is 24.2. The van der Waals surface area contributed by atoms with Crippen molar-refractivity contribution in [3.05, 3.63) is 101 Å². The fourth-order valence-corrected chi connectivity index (χ4v) is 6.17. The van der Waals surface area contributed by atoms with Gasteiger partial charge in [0.1, 0.15) is 0 Å². The SMILES string of the molecule is Cc1ccc(S(=O)(=O)n2ccc3c4c(ccc32)CC[C@@H](N[C@@H](C)c2ccccc2)C4)cc1. The summed E-state index contributed by atoms with van der Waals surface area (Å²) in [4.78, 5) is 0.314. The zero-order chi connectivity index (χ0) is 22.3. The van der Waals surface area contributed by atoms with Crippen LogP contribution in [0.4, 0.5) is 0 Å². The number of fused-ring (bicyclic) bond motifs is 3. The first kappa shape index (κ1) is 21.0. The minimum absolute atomic E-state index is 0.272. The van der Waals surface area contributed by atoms with Crippen LogP contribution >= 0.6 is 0 Å². The summed E-state index contributed by atoms with van der Waals surface area (Å²) in [5, 5.41) is 4.82. The topological polar surface area (TPSA) is 51.1 Å². The van der Waals surface area contributed by atoms with E-state index in [0.717, 1.165) is 35.7 Å². The molecule has 1 aliphatic carbocycles. The Balaban J connectivity index is 1.46. The van der Waals surface area contributed by atoms with Crippen LogP contribution in [0, 0.1) is 6.92 Å². The van der Waals surface area contributed by atoms with Gasteiger partial charge in [0.15, 0.2) is 0 Å². The van der Waals surface area contributed by atoms with E-state index in [4.69, 9.17) is 0 Å². The third-order valence-electron chi connectivity index (χ3n) is 6.62. The molecule has 164 valence electrons. The number of benzene rings is 3. The van der Waals surface area contributed by atoms with Gasteiger partial charge in [-0.1, -0.05) is 54.1 Å². The van der Waals surface area contributed by atoms with Crippen LogP contribution in [0.5, 0.6) is 0 Å². The van der Waals surface area contributed by atoms with E-state index in [9.17, 15) is 8.42 Å². The van der Waals surface area contributed by atoms with Crippen LogP contribution in [0.25, 0.3) is 10.9 Å². The smallest absolute Gasteiger partial charge is 0.268 e. The van der Waals surface area contributed by atoms with Gasteiger partial charge in [-0.05, 0) is 74.1 Å². The van der Waals surface area contributed by atoms with Crippen molar-refractivity contribution < 1.29 is 8.42 Å². The molecule has 1 N–H and O–H groups in total. The number of nitrogens with zero attached hydrogens (tertiary/aromatic N) is 1. The van der Waals surface area contributed by atoms with E-state index >= 15 is 0 Å². The monoisotopic (exact) mass is 444 g/mol. The molecule has 3 aromatic carbocycles. The zero-order valence-corrected chi connectivity index (χ0v) is 19.3. The molecule has 0 unspecified atom stereocenters. The second kappa shape index (κ2) is 8.23. The van der Waals surface area contributed by atoms with Gasteiger partial charge in [0, 0.05) is 23.7 Å². The van der Waals surface area contributed by atoms with Crippen molar-refractivity contribution in [2.24, 2.45) is 0 Å². The Labute approximate surface area is 190 Å². The van der Waals surface area contributed by atoms with Crippen LogP contribution in [-0.2, 0) is 22.9 Å². The van der Waals surface area contributed by atoms with Crippen molar-refractivity contribution in [2.45, 2.75) is 50.1 Å². The second-order valence-electron chi connectivity index (χ2n) is 8.80. The molecule has 0 amide bonds. The fourth-order valence-electron chi connectivity index (χ4n) is 4.82. The van der Waals surface area contributed by atoms with Crippen LogP contribution in [0.2, 0.25) is 0 Å². The lowest BCUT2D eigenvalue weighted by Gasteiger charge is -2.29. The molecule has 2 atom stereocenters. The van der Waals surface area contributed by atoms with Gasteiger partial charge < -0.3 is 5.32 Å². The molecule has 0 saturated carbocycles. The summed E-state index contributed by atoms with van der Waals surface area (Å²) < 4.78 is 28.0. The number of aromatic nitrogens is 1. The molecule has 4 nitrogen and oxygen atoms in total. The minimum atomic E-state index is -3.63. The van der Waals surface area contributed by atoms with Gasteiger partial charge >= 0.3 is 0 Å². The van der Waals surface area contributed by atoms with E-state index in [2.05, 4.69) is 42.6 Å². The molecule has 4 aromatic rings. The Morgan fingerprint density at radius 3 is 2.47 bits per heavy atom. The third kappa shape index (κ3) is 3.76. The number of nitrogens with one attached hydrogen (secondary N) is 1. The first-order valence-corrected chi connectivity index (χ1v) is 12.6. The van der Waals surface area contributed by atoms with Gasteiger partial charge in [-0.25, -0.2) is 12.4 Å². The van der Waals surface area contributed by atoms with Crippen molar-refractivity contribution in [1.29, 1.82) is 0 Å². The van der Waals surface area contributed by atoms with E-state index < -0.39 is 10.0 Å². The lowest BCUT2D eigenvalue weighted by molar-refractivity contribution is 0.415. The maximum Gasteiger partial charge on any atom is 0.268 e. The number of hydrogen-bond acceptors (Lipinski definition) is 3. The van der Waals surface area contributed by atoms with E-state index in [1.807, 2.05) is 37.3 Å². The first-order valence-electron chi connectivity index (χ1n) is 11.2. The van der Waals surface area contributed by atoms with Crippen LogP contribution in [0.3, 0.4) is 0 Å². The number of hydrogen-bond donors (Lipinski definition) is 1. The lowest BCUT2D eigenvalue weighted by Crippen LogP contribution is -2.36. The molecule has 1 aliphatic rings. The molecule has 1 aromatic heterocycles. The van der Waals surface area contributed by atoms with E-state index in [1.165, 1.54) is 20.7 Å². The molecule has 0 fully saturated rings. The van der Waals surface area contributed by atoms with Crippen LogP contribution in [0.1, 0.15) is 41.6 Å². The summed E-state index contributed by atoms with van der Waals surface area (Å²) in [5.41, 5.74) is 5.67. The Morgan fingerprint density at radius 2 is 1.72 bits per heavy atom. The summed E-state index contributed by atoms with van der Waals surface area (Å²) in [5.74, 6) is 0. The minimum Gasteiger partial charge on any atom is -0.307 e. The van der Waals surface area contributed by atoms with Gasteiger partial charge in [-0.3, -0.25) is 0 Å². The molecular formula is C27H28N2O2S. The molecule has 32 heavy (non-hydrogen) atoms. The van der Waals surface area contributed by atoms with Crippen LogP contribution in [0.15, 0.2) is 83.9 Å². The molecule has 0 bridgehead atoms. The van der Waals surface area contributed by atoms with E-state index in [0.29, 0.717) is 10.9 Å². The lowest BCUT2D eigenvalue weighted by atomic mass is 9.86. The van der Waals surface area contributed by atoms with Crippen molar-refractivity contribution in [2.75, 3.05) is 0 Å². The molecule has 0 saturated heterocycles. The Morgan fingerprint density at radius 1 is 0.969 bits per heavy atom. The molecule has 1 heterocycles. The highest BCUT2D eigenvalue weighted by Crippen LogP contribution is 2.32. The number of aryl methyl sites for hydroxylation is 2. The highest BCUT2D eigenvalue weighted by molar-refractivity contribution is 7.90. The van der Waals surface area contributed by atoms with Gasteiger partial charge in [0.25, 0.3) is 10.0 Å². The van der Waals surface area contributed by atoms with Crippen LogP contribution < -0.4 is 5.32 Å². The third-order valence-corrected chi connectivity index (χ3v) is 8.33. The Hall–Kier alpha value is -2.89. The highest BCUT2D eigenvalue weighted by Gasteiger charge is 2.25. The van der Waals surface area contributed by atoms with Gasteiger partial charge in [-0.2, -0.15) is 0 Å². The highest BCUT2D eigenvalue weighted by atomic mass is 32.2. The summed E-state index contributed by atoms with van der Waals surface area (Å²) in [7, 11) is -3.63.